The molecule has 1 aliphatic carbocycles. The third-order valence-corrected chi connectivity index (χ3v) is 7.15. The summed E-state index contributed by atoms with van der Waals surface area (Å²) in [5, 5.41) is 11.2. The Hall–Kier alpha value is -2.72. The Morgan fingerprint density at radius 2 is 1.67 bits per heavy atom. The largest absolute Gasteiger partial charge is 0.511 e. The van der Waals surface area contributed by atoms with Crippen LogP contribution in [0, 0.1) is 32.6 Å². The fourth-order valence-electron chi connectivity index (χ4n) is 5.97. The van der Waals surface area contributed by atoms with Crippen LogP contribution >= 0.6 is 0 Å². The van der Waals surface area contributed by atoms with E-state index in [1.165, 1.54) is 0 Å². The minimum Gasteiger partial charge on any atom is -0.511 e. The SMILES string of the molecule is CC(=O)c1ccc([C@@H]2C[C@@H]3O[C@H]2[C@H]2C(O)=C(c4c(C)cc(C)cc4C)C(=O)[C@H]23)cc1. The van der Waals surface area contributed by atoms with Crippen molar-refractivity contribution in [3.8, 4) is 0 Å². The number of carbonyl (C=O) groups is 2. The first-order valence-corrected chi connectivity index (χ1v) is 10.6. The van der Waals surface area contributed by atoms with Crippen molar-refractivity contribution in [3.63, 3.8) is 0 Å². The molecule has 0 saturated carbocycles. The highest BCUT2D eigenvalue weighted by atomic mass is 16.5. The van der Waals surface area contributed by atoms with E-state index in [1.54, 1.807) is 6.92 Å². The van der Waals surface area contributed by atoms with E-state index in [9.17, 15) is 14.7 Å². The van der Waals surface area contributed by atoms with Gasteiger partial charge in [0.25, 0.3) is 0 Å². The number of ketones is 2. The fourth-order valence-corrected chi connectivity index (χ4v) is 5.97. The monoisotopic (exact) mass is 402 g/mol. The maximum Gasteiger partial charge on any atom is 0.173 e. The lowest BCUT2D eigenvalue weighted by molar-refractivity contribution is -0.118. The Kier molecular flexibility index (Phi) is 4.26. The molecule has 0 unspecified atom stereocenters. The summed E-state index contributed by atoms with van der Waals surface area (Å²) in [7, 11) is 0. The lowest BCUT2D eigenvalue weighted by Gasteiger charge is -2.27. The number of hydrogen-bond acceptors (Lipinski definition) is 4. The zero-order valence-electron chi connectivity index (χ0n) is 17.7. The second-order valence-electron chi connectivity index (χ2n) is 9.11. The zero-order chi connectivity index (χ0) is 21.3. The van der Waals surface area contributed by atoms with Gasteiger partial charge in [-0.25, -0.2) is 0 Å². The molecule has 2 aliphatic heterocycles. The van der Waals surface area contributed by atoms with E-state index < -0.39 is 0 Å². The van der Waals surface area contributed by atoms with Crippen LogP contribution in [0.5, 0.6) is 0 Å². The van der Waals surface area contributed by atoms with E-state index in [0.717, 1.165) is 34.2 Å². The molecule has 2 aromatic carbocycles. The first-order valence-electron chi connectivity index (χ1n) is 10.6. The van der Waals surface area contributed by atoms with E-state index >= 15 is 0 Å². The molecule has 2 heterocycles. The summed E-state index contributed by atoms with van der Waals surface area (Å²) >= 11 is 0. The van der Waals surface area contributed by atoms with E-state index in [4.69, 9.17) is 4.74 Å². The predicted octanol–water partition coefficient (Wildman–Crippen LogP) is 4.85. The maximum absolute atomic E-state index is 13.4. The highest BCUT2D eigenvalue weighted by Gasteiger charge is 2.62. The van der Waals surface area contributed by atoms with Gasteiger partial charge in [0.2, 0.25) is 0 Å². The number of carbonyl (C=O) groups excluding carboxylic acids is 2. The Labute approximate surface area is 176 Å². The second-order valence-corrected chi connectivity index (χ2v) is 9.11. The number of rotatable bonds is 3. The lowest BCUT2D eigenvalue weighted by atomic mass is 9.72. The van der Waals surface area contributed by atoms with Crippen molar-refractivity contribution < 1.29 is 19.4 Å². The van der Waals surface area contributed by atoms with Crippen molar-refractivity contribution in [1.29, 1.82) is 0 Å². The smallest absolute Gasteiger partial charge is 0.173 e. The molecule has 2 bridgehead atoms. The van der Waals surface area contributed by atoms with Gasteiger partial charge in [0.1, 0.15) is 5.76 Å². The van der Waals surface area contributed by atoms with Crippen molar-refractivity contribution in [3.05, 3.63) is 75.5 Å². The van der Waals surface area contributed by atoms with E-state index in [0.29, 0.717) is 11.1 Å². The molecule has 1 N–H and O–H groups in total. The van der Waals surface area contributed by atoms with Crippen molar-refractivity contribution >= 4 is 17.1 Å². The molecule has 154 valence electrons. The van der Waals surface area contributed by atoms with Gasteiger partial charge in [-0.2, -0.15) is 0 Å². The molecule has 5 rings (SSSR count). The van der Waals surface area contributed by atoms with Crippen molar-refractivity contribution in [2.24, 2.45) is 11.8 Å². The molecule has 5 atom stereocenters. The summed E-state index contributed by atoms with van der Waals surface area (Å²) in [4.78, 5) is 25.0. The highest BCUT2D eigenvalue weighted by molar-refractivity contribution is 6.26. The Bertz CT molecular complexity index is 1090. The predicted molar refractivity (Wildman–Crippen MR) is 115 cm³/mol. The number of aliphatic hydroxyl groups excluding tert-OH is 1. The molecule has 30 heavy (non-hydrogen) atoms. The van der Waals surface area contributed by atoms with Crippen molar-refractivity contribution in [2.75, 3.05) is 0 Å². The van der Waals surface area contributed by atoms with Gasteiger partial charge < -0.3 is 9.84 Å². The lowest BCUT2D eigenvalue weighted by Crippen LogP contribution is -2.33. The summed E-state index contributed by atoms with van der Waals surface area (Å²) in [6, 6.07) is 11.8. The quantitative estimate of drug-likeness (QED) is 0.745. The minimum absolute atomic E-state index is 0.0189. The summed E-state index contributed by atoms with van der Waals surface area (Å²) < 4.78 is 6.21. The molecule has 2 fully saturated rings. The average molecular weight is 402 g/mol. The van der Waals surface area contributed by atoms with Crippen LogP contribution in [-0.2, 0) is 9.53 Å². The first-order chi connectivity index (χ1) is 14.3. The molecule has 0 spiro atoms. The molecule has 0 amide bonds. The third-order valence-electron chi connectivity index (χ3n) is 7.15. The number of fused-ring (bicyclic) bond motifs is 5. The summed E-state index contributed by atoms with van der Waals surface area (Å²) in [5.41, 5.74) is 6.34. The Balaban J connectivity index is 1.53. The number of Topliss-reactive ketones (excluding diaryl/α,β-unsaturated/α-hetero) is 2. The number of ether oxygens (including phenoxy) is 1. The molecule has 0 aromatic heterocycles. The van der Waals surface area contributed by atoms with Crippen LogP contribution in [0.3, 0.4) is 0 Å². The molecule has 4 nitrogen and oxygen atoms in total. The number of benzene rings is 2. The first kappa shape index (κ1) is 19.3. The number of hydrogen-bond donors (Lipinski definition) is 1. The van der Waals surface area contributed by atoms with Crippen LogP contribution < -0.4 is 0 Å². The molecule has 3 aliphatic rings. The van der Waals surface area contributed by atoms with Crippen LogP contribution in [0.15, 0.2) is 42.2 Å². The van der Waals surface area contributed by atoms with Crippen LogP contribution in [0.1, 0.15) is 57.4 Å². The maximum atomic E-state index is 13.4. The van der Waals surface area contributed by atoms with Gasteiger partial charge in [0.15, 0.2) is 11.6 Å². The average Bonchev–Trinajstić information content (AvgIpc) is 3.34. The highest BCUT2D eigenvalue weighted by Crippen LogP contribution is 2.58. The van der Waals surface area contributed by atoms with Crippen LogP contribution in [0.25, 0.3) is 5.57 Å². The van der Waals surface area contributed by atoms with Crippen molar-refractivity contribution in [2.45, 2.75) is 52.2 Å². The Morgan fingerprint density at radius 3 is 2.27 bits per heavy atom. The Morgan fingerprint density at radius 1 is 1.03 bits per heavy atom. The van der Waals surface area contributed by atoms with Gasteiger partial charge in [-0.05, 0) is 56.4 Å². The van der Waals surface area contributed by atoms with Gasteiger partial charge in [-0.1, -0.05) is 42.0 Å². The van der Waals surface area contributed by atoms with Crippen molar-refractivity contribution in [1.82, 2.24) is 0 Å². The summed E-state index contributed by atoms with van der Waals surface area (Å²) in [6.45, 7) is 7.60. The molecular weight excluding hydrogens is 376 g/mol. The molecular formula is C26H26O4. The second kappa shape index (κ2) is 6.64. The van der Waals surface area contributed by atoms with Crippen LogP contribution in [0.4, 0.5) is 0 Å². The third kappa shape index (κ3) is 2.63. The fraction of sp³-hybridized carbons (Fsp3) is 0.385. The summed E-state index contributed by atoms with van der Waals surface area (Å²) in [6.07, 6.45) is 0.384. The van der Waals surface area contributed by atoms with Crippen LogP contribution in [-0.4, -0.2) is 28.9 Å². The van der Waals surface area contributed by atoms with Gasteiger partial charge in [-0.3, -0.25) is 9.59 Å². The molecule has 2 aromatic rings. The van der Waals surface area contributed by atoms with Gasteiger partial charge >= 0.3 is 0 Å². The zero-order valence-corrected chi connectivity index (χ0v) is 17.7. The van der Waals surface area contributed by atoms with E-state index in [1.807, 2.05) is 45.0 Å². The van der Waals surface area contributed by atoms with Gasteiger partial charge in [0, 0.05) is 11.5 Å². The summed E-state index contributed by atoms with van der Waals surface area (Å²) in [5.74, 6) is -0.210. The van der Waals surface area contributed by atoms with E-state index in [-0.39, 0.29) is 47.3 Å². The normalized spacial score (nSPS) is 29.6. The number of aryl methyl sites for hydroxylation is 3. The molecule has 0 radical (unpaired) electrons. The number of allylic oxidation sites excluding steroid dienone is 1. The van der Waals surface area contributed by atoms with Crippen LogP contribution in [0.2, 0.25) is 0 Å². The van der Waals surface area contributed by atoms with Gasteiger partial charge in [0.05, 0.1) is 29.6 Å². The molecule has 2 saturated heterocycles. The molecule has 4 heteroatoms. The van der Waals surface area contributed by atoms with E-state index in [2.05, 4.69) is 12.1 Å². The topological polar surface area (TPSA) is 63.6 Å². The number of aliphatic hydroxyl groups is 1. The minimum atomic E-state index is -0.294. The van der Waals surface area contributed by atoms with Gasteiger partial charge in [-0.15, -0.1) is 0 Å². The standard InChI is InChI=1S/C26H26O4/c1-12-9-13(2)20(14(3)10-12)22-24(28)21-19-11-18(26(30-19)23(21)25(22)29)17-7-5-16(6-8-17)15(4)27/h5-10,18-19,21,23,26,29H,11H2,1-4H3/t18-,19-,21-,23+,26+/m0/s1.